The maximum atomic E-state index is 11.1. The molecule has 5 nitrogen and oxygen atoms in total. The minimum Gasteiger partial charge on any atom is -0.372 e. The second kappa shape index (κ2) is 4.70. The zero-order chi connectivity index (χ0) is 12.4. The van der Waals surface area contributed by atoms with Crippen LogP contribution in [0, 0.1) is 0 Å². The van der Waals surface area contributed by atoms with Crippen LogP contribution in [0.15, 0.2) is 30.7 Å². The number of hydrogen-bond donors (Lipinski definition) is 0. The van der Waals surface area contributed by atoms with Gasteiger partial charge in [-0.25, -0.2) is 4.68 Å². The lowest BCUT2D eigenvalue weighted by Crippen LogP contribution is -2.01. The van der Waals surface area contributed by atoms with E-state index in [1.54, 1.807) is 23.3 Å². The summed E-state index contributed by atoms with van der Waals surface area (Å²) in [6.07, 6.45) is 7.86. The van der Waals surface area contributed by atoms with Gasteiger partial charge in [0, 0.05) is 25.2 Å². The van der Waals surface area contributed by atoms with E-state index in [-0.39, 0.29) is 6.10 Å². The predicted molar refractivity (Wildman–Crippen MR) is 64.7 cm³/mol. The van der Waals surface area contributed by atoms with E-state index in [1.165, 1.54) is 0 Å². The fraction of sp³-hybridized carbons (Fsp3) is 0.308. The Balaban J connectivity index is 2.00. The number of rotatable bonds is 3. The van der Waals surface area contributed by atoms with E-state index in [4.69, 9.17) is 4.74 Å². The van der Waals surface area contributed by atoms with E-state index >= 15 is 0 Å². The molecular weight excluding hydrogens is 230 g/mol. The third-order valence-electron chi connectivity index (χ3n) is 3.06. The van der Waals surface area contributed by atoms with Crippen LogP contribution in [-0.2, 0) is 4.74 Å². The maximum absolute atomic E-state index is 11.1. The number of carbonyl (C=O) groups is 1. The highest BCUT2D eigenvalue weighted by Gasteiger charge is 2.24. The lowest BCUT2D eigenvalue weighted by atomic mass is 10.1. The fourth-order valence-corrected chi connectivity index (χ4v) is 2.16. The first-order valence-corrected chi connectivity index (χ1v) is 5.95. The Morgan fingerprint density at radius 3 is 2.89 bits per heavy atom. The molecule has 1 unspecified atom stereocenters. The van der Waals surface area contributed by atoms with Crippen molar-refractivity contribution in [2.45, 2.75) is 18.9 Å². The molecule has 92 valence electrons. The van der Waals surface area contributed by atoms with E-state index in [9.17, 15) is 4.79 Å². The number of pyridine rings is 1. The highest BCUT2D eigenvalue weighted by atomic mass is 16.5. The molecule has 0 spiro atoms. The molecule has 1 aliphatic rings. The highest BCUT2D eigenvalue weighted by Crippen LogP contribution is 2.29. The molecule has 0 saturated carbocycles. The Bertz CT molecular complexity index is 545. The fourth-order valence-electron chi connectivity index (χ4n) is 2.16. The summed E-state index contributed by atoms with van der Waals surface area (Å²) in [6.45, 7) is 0.741. The van der Waals surface area contributed by atoms with Gasteiger partial charge in [-0.3, -0.25) is 9.78 Å². The molecule has 0 N–H and O–H groups in total. The van der Waals surface area contributed by atoms with Crippen LogP contribution in [0.25, 0.3) is 5.69 Å². The van der Waals surface area contributed by atoms with Gasteiger partial charge in [0.1, 0.15) is 11.8 Å². The van der Waals surface area contributed by atoms with Gasteiger partial charge in [-0.2, -0.15) is 5.10 Å². The first-order chi connectivity index (χ1) is 8.88. The van der Waals surface area contributed by atoms with Crippen LogP contribution < -0.4 is 0 Å². The molecule has 2 aromatic heterocycles. The van der Waals surface area contributed by atoms with Gasteiger partial charge in [0.05, 0.1) is 11.3 Å². The molecule has 0 amide bonds. The Labute approximate surface area is 104 Å². The molecule has 1 atom stereocenters. The summed E-state index contributed by atoms with van der Waals surface area (Å²) in [5.74, 6) is 0. The van der Waals surface area contributed by atoms with Crippen LogP contribution in [0.2, 0.25) is 0 Å². The van der Waals surface area contributed by atoms with Gasteiger partial charge in [0.15, 0.2) is 6.29 Å². The van der Waals surface area contributed by atoms with Crippen molar-refractivity contribution in [2.75, 3.05) is 6.61 Å². The quantitative estimate of drug-likeness (QED) is 0.773. The van der Waals surface area contributed by atoms with Crippen molar-refractivity contribution in [2.24, 2.45) is 0 Å². The summed E-state index contributed by atoms with van der Waals surface area (Å²) in [5, 5.41) is 4.47. The van der Waals surface area contributed by atoms with Crippen molar-refractivity contribution < 1.29 is 9.53 Å². The summed E-state index contributed by atoms with van der Waals surface area (Å²) in [6, 6.07) is 3.70. The molecule has 3 rings (SSSR count). The third-order valence-corrected chi connectivity index (χ3v) is 3.06. The Kier molecular flexibility index (Phi) is 2.90. The minimum atomic E-state index is -0.0479. The van der Waals surface area contributed by atoms with Gasteiger partial charge >= 0.3 is 0 Å². The molecule has 1 saturated heterocycles. The van der Waals surface area contributed by atoms with Gasteiger partial charge in [-0.1, -0.05) is 0 Å². The van der Waals surface area contributed by atoms with Crippen LogP contribution in [0.4, 0.5) is 0 Å². The van der Waals surface area contributed by atoms with Gasteiger partial charge in [-0.15, -0.1) is 0 Å². The van der Waals surface area contributed by atoms with E-state index in [0.29, 0.717) is 5.56 Å². The summed E-state index contributed by atoms with van der Waals surface area (Å²) in [5.41, 5.74) is 2.22. The standard InChI is InChI=1S/C13H13N3O2/c17-9-10-8-16(11-3-5-14-6-4-11)15-13(10)12-2-1-7-18-12/h3-6,8-9,12H,1-2,7H2. The average molecular weight is 243 g/mol. The topological polar surface area (TPSA) is 57.0 Å². The van der Waals surface area contributed by atoms with E-state index in [1.807, 2.05) is 12.1 Å². The molecule has 2 aromatic rings. The van der Waals surface area contributed by atoms with Crippen molar-refractivity contribution in [1.82, 2.24) is 14.8 Å². The number of nitrogens with zero attached hydrogens (tertiary/aromatic N) is 3. The van der Waals surface area contributed by atoms with Gasteiger partial charge in [0.2, 0.25) is 0 Å². The second-order valence-electron chi connectivity index (χ2n) is 4.24. The predicted octanol–water partition coefficient (Wildman–Crippen LogP) is 1.93. The van der Waals surface area contributed by atoms with Crippen molar-refractivity contribution >= 4 is 6.29 Å². The zero-order valence-electron chi connectivity index (χ0n) is 9.82. The zero-order valence-corrected chi connectivity index (χ0v) is 9.82. The first-order valence-electron chi connectivity index (χ1n) is 5.95. The molecule has 0 aromatic carbocycles. The molecule has 18 heavy (non-hydrogen) atoms. The number of carbonyl (C=O) groups excluding carboxylic acids is 1. The molecule has 1 aliphatic heterocycles. The largest absolute Gasteiger partial charge is 0.372 e. The minimum absolute atomic E-state index is 0.0479. The lowest BCUT2D eigenvalue weighted by Gasteiger charge is -2.06. The molecule has 5 heteroatoms. The van der Waals surface area contributed by atoms with Gasteiger partial charge in [0.25, 0.3) is 0 Å². The number of ether oxygens (including phenoxy) is 1. The van der Waals surface area contributed by atoms with Crippen LogP contribution in [0.5, 0.6) is 0 Å². The summed E-state index contributed by atoms with van der Waals surface area (Å²) in [7, 11) is 0. The Hall–Kier alpha value is -2.01. The monoisotopic (exact) mass is 243 g/mol. The number of aldehydes is 1. The normalized spacial score (nSPS) is 19.0. The number of hydrogen-bond acceptors (Lipinski definition) is 4. The highest BCUT2D eigenvalue weighted by molar-refractivity contribution is 5.76. The molecular formula is C13H13N3O2. The number of aromatic nitrogens is 3. The van der Waals surface area contributed by atoms with Gasteiger partial charge in [-0.05, 0) is 25.0 Å². The maximum Gasteiger partial charge on any atom is 0.153 e. The lowest BCUT2D eigenvalue weighted by molar-refractivity contribution is 0.104. The van der Waals surface area contributed by atoms with E-state index < -0.39 is 0 Å². The van der Waals surface area contributed by atoms with Crippen molar-refractivity contribution in [3.63, 3.8) is 0 Å². The Morgan fingerprint density at radius 1 is 1.39 bits per heavy atom. The average Bonchev–Trinajstić information content (AvgIpc) is 3.08. The van der Waals surface area contributed by atoms with E-state index in [2.05, 4.69) is 10.1 Å². The third kappa shape index (κ3) is 1.93. The van der Waals surface area contributed by atoms with Crippen molar-refractivity contribution in [3.05, 3.63) is 42.0 Å². The van der Waals surface area contributed by atoms with Crippen molar-refractivity contribution in [3.8, 4) is 5.69 Å². The van der Waals surface area contributed by atoms with Crippen LogP contribution >= 0.6 is 0 Å². The van der Waals surface area contributed by atoms with Crippen LogP contribution in [-0.4, -0.2) is 27.7 Å². The van der Waals surface area contributed by atoms with E-state index in [0.717, 1.165) is 37.1 Å². The summed E-state index contributed by atoms with van der Waals surface area (Å²) in [4.78, 5) is 15.1. The molecule has 3 heterocycles. The molecule has 0 bridgehead atoms. The molecule has 1 fully saturated rings. The Morgan fingerprint density at radius 2 is 2.22 bits per heavy atom. The summed E-state index contributed by atoms with van der Waals surface area (Å²) < 4.78 is 7.28. The SMILES string of the molecule is O=Cc1cn(-c2ccncc2)nc1C1CCCO1. The van der Waals surface area contributed by atoms with Crippen LogP contribution in [0.1, 0.15) is 35.0 Å². The summed E-state index contributed by atoms with van der Waals surface area (Å²) >= 11 is 0. The molecule has 0 aliphatic carbocycles. The first kappa shape index (κ1) is 11.1. The van der Waals surface area contributed by atoms with Crippen LogP contribution in [0.3, 0.4) is 0 Å². The van der Waals surface area contributed by atoms with Gasteiger partial charge < -0.3 is 4.74 Å². The smallest absolute Gasteiger partial charge is 0.153 e. The van der Waals surface area contributed by atoms with Crippen molar-refractivity contribution in [1.29, 1.82) is 0 Å². The second-order valence-corrected chi connectivity index (χ2v) is 4.24. The molecule has 0 radical (unpaired) electrons.